The fraction of sp³-hybridized carbons (Fsp3) is 0.667. The van der Waals surface area contributed by atoms with Gasteiger partial charge in [0.1, 0.15) is 24.6 Å². The van der Waals surface area contributed by atoms with Crippen molar-refractivity contribution in [2.24, 2.45) is 0 Å². The molecular weight excluding hydrogens is 473 g/mol. The van der Waals surface area contributed by atoms with Crippen LogP contribution in [0.5, 0.6) is 0 Å². The predicted octanol–water partition coefficient (Wildman–Crippen LogP) is -0.247. The van der Waals surface area contributed by atoms with E-state index in [9.17, 15) is 23.0 Å². The number of aromatic nitrogens is 4. The highest BCUT2D eigenvalue weighted by Crippen LogP contribution is 2.58. The van der Waals surface area contributed by atoms with Crippen molar-refractivity contribution in [2.45, 2.75) is 55.9 Å². The number of rotatable bonds is 6. The molecule has 0 bridgehead atoms. The summed E-state index contributed by atoms with van der Waals surface area (Å²) < 4.78 is 64.4. The first kappa shape index (κ1) is 22.1. The number of phosphoric acid groups is 1. The third-order valence-corrected chi connectivity index (χ3v) is 7.06. The molecule has 1 saturated carbocycles. The van der Waals surface area contributed by atoms with E-state index in [1.54, 1.807) is 0 Å². The van der Waals surface area contributed by atoms with Gasteiger partial charge in [0.15, 0.2) is 23.2 Å². The lowest BCUT2D eigenvalue weighted by molar-refractivity contribution is -0.0555. The maximum Gasteiger partial charge on any atom is 0.473 e. The number of hydrogen-bond acceptors (Lipinski definition) is 12. The summed E-state index contributed by atoms with van der Waals surface area (Å²) in [5.74, 6) is 0.400. The Morgan fingerprint density at radius 1 is 1.25 bits per heavy atom. The van der Waals surface area contributed by atoms with Gasteiger partial charge in [-0.25, -0.2) is 23.7 Å². The second-order valence-electron chi connectivity index (χ2n) is 7.68. The monoisotopic (exact) mass is 493 g/mol. The summed E-state index contributed by atoms with van der Waals surface area (Å²) in [4.78, 5) is 22.5. The molecule has 0 radical (unpaired) electrons. The molecule has 4 heterocycles. The molecule has 17 heteroatoms. The van der Waals surface area contributed by atoms with Crippen LogP contribution >= 0.6 is 7.82 Å². The van der Waals surface area contributed by atoms with E-state index in [1.807, 2.05) is 0 Å². The Bertz CT molecular complexity index is 1180. The third-order valence-electron chi connectivity index (χ3n) is 5.61. The Hall–Kier alpha value is -1.75. The van der Waals surface area contributed by atoms with Crippen LogP contribution in [0.4, 0.5) is 5.82 Å². The van der Waals surface area contributed by atoms with Crippen molar-refractivity contribution in [3.05, 3.63) is 12.7 Å². The lowest BCUT2D eigenvalue weighted by Crippen LogP contribution is -2.32. The number of imidazole rings is 1. The third kappa shape index (κ3) is 4.13. The molecule has 2 aromatic heterocycles. The first-order valence-corrected chi connectivity index (χ1v) is 12.6. The quantitative estimate of drug-likeness (QED) is 0.303. The first-order valence-electron chi connectivity index (χ1n) is 9.70. The largest absolute Gasteiger partial charge is 0.473 e. The minimum Gasteiger partial charge on any atom is -0.391 e. The summed E-state index contributed by atoms with van der Waals surface area (Å²) >= 11 is 0. The molecule has 7 atom stereocenters. The van der Waals surface area contributed by atoms with E-state index in [0.717, 1.165) is 12.8 Å². The van der Waals surface area contributed by atoms with Gasteiger partial charge in [-0.15, -0.1) is 0 Å². The van der Waals surface area contributed by atoms with E-state index in [4.69, 9.17) is 18.3 Å². The summed E-state index contributed by atoms with van der Waals surface area (Å²) in [5.41, 5.74) is 0.675. The Balaban J connectivity index is 1.45. The molecule has 2 saturated heterocycles. The van der Waals surface area contributed by atoms with Crippen molar-refractivity contribution in [1.82, 2.24) is 19.5 Å². The van der Waals surface area contributed by atoms with Crippen molar-refractivity contribution < 1.29 is 45.5 Å². The van der Waals surface area contributed by atoms with Gasteiger partial charge in [0.2, 0.25) is 0 Å². The summed E-state index contributed by atoms with van der Waals surface area (Å²) in [6.45, 7) is -0.673. The standard InChI is InChI=1S/C15H20N5O10PS/c21-8-3-1-2-7(8)19-13-10-14(17-5-16-13)20(6-18-10)15-12-11(29-31(22,23)30-12)9(28-15)4-27-32(24,25)26/h5-9,11-12,15,21H,1-4H2,(H,22,23)(H,16,17,19)(H,24,25,26)/t7-,8-,9+,11+,12+,15+/m0/s1. The van der Waals surface area contributed by atoms with Crippen molar-refractivity contribution >= 4 is 35.2 Å². The number of nitrogens with one attached hydrogen (secondary N) is 1. The molecule has 2 aromatic rings. The highest BCUT2D eigenvalue weighted by Gasteiger charge is 2.58. The minimum atomic E-state index is -4.77. The summed E-state index contributed by atoms with van der Waals surface area (Å²) in [7, 11) is -9.19. The molecule has 4 N–H and O–H groups in total. The zero-order valence-electron chi connectivity index (χ0n) is 16.3. The van der Waals surface area contributed by atoms with Crippen LogP contribution in [0, 0.1) is 0 Å². The summed E-state index contributed by atoms with van der Waals surface area (Å²) in [6, 6.07) is -0.181. The predicted molar refractivity (Wildman–Crippen MR) is 104 cm³/mol. The van der Waals surface area contributed by atoms with Crippen molar-refractivity contribution in [1.29, 1.82) is 0 Å². The zero-order valence-corrected chi connectivity index (χ0v) is 18.0. The van der Waals surface area contributed by atoms with E-state index >= 15 is 0 Å². The molecule has 176 valence electrons. The number of fused-ring (bicyclic) bond motifs is 2. The number of phosphoric ester groups is 1. The van der Waals surface area contributed by atoms with Gasteiger partial charge in [0.05, 0.1) is 25.1 Å². The Morgan fingerprint density at radius 2 is 2.03 bits per heavy atom. The van der Waals surface area contributed by atoms with Crippen molar-refractivity contribution in [3.8, 4) is 0 Å². The van der Waals surface area contributed by atoms with E-state index in [1.165, 1.54) is 17.2 Å². The van der Waals surface area contributed by atoms with Crippen LogP contribution in [0.1, 0.15) is 25.5 Å². The average molecular weight is 493 g/mol. The molecule has 1 aliphatic carbocycles. The normalized spacial score (nSPS) is 37.2. The van der Waals surface area contributed by atoms with Gasteiger partial charge in [0.25, 0.3) is 0 Å². The second-order valence-corrected chi connectivity index (χ2v) is 10.1. The van der Waals surface area contributed by atoms with Crippen molar-refractivity contribution in [2.75, 3.05) is 11.9 Å². The van der Waals surface area contributed by atoms with Gasteiger partial charge in [-0.1, -0.05) is 0 Å². The van der Waals surface area contributed by atoms with Crippen LogP contribution in [-0.2, 0) is 32.9 Å². The smallest absolute Gasteiger partial charge is 0.391 e. The fourth-order valence-corrected chi connectivity index (χ4v) is 5.67. The highest BCUT2D eigenvalue weighted by atomic mass is 32.3. The van der Waals surface area contributed by atoms with Crippen LogP contribution in [0.15, 0.2) is 12.7 Å². The number of nitrogens with zero attached hydrogens (tertiary/aromatic N) is 4. The first-order chi connectivity index (χ1) is 15.1. The lowest BCUT2D eigenvalue weighted by Gasteiger charge is -2.19. The number of hydrogen-bond donors (Lipinski definition) is 4. The number of aliphatic hydroxyl groups excluding tert-OH is 1. The maximum atomic E-state index is 12.0. The van der Waals surface area contributed by atoms with Gasteiger partial charge in [0, 0.05) is 0 Å². The summed E-state index contributed by atoms with van der Waals surface area (Å²) in [5, 5.41) is 13.3. The molecule has 1 unspecified atom stereocenters. The fourth-order valence-electron chi connectivity index (χ4n) is 4.22. The summed E-state index contributed by atoms with van der Waals surface area (Å²) in [6.07, 6.45) is 0.0118. The molecule has 0 amide bonds. The molecule has 3 aliphatic rings. The van der Waals surface area contributed by atoms with E-state index in [2.05, 4.69) is 24.5 Å². The number of ether oxygens (including phenoxy) is 1. The molecule has 0 aromatic carbocycles. The van der Waals surface area contributed by atoms with E-state index in [-0.39, 0.29) is 6.04 Å². The highest BCUT2D eigenvalue weighted by molar-refractivity contribution is 7.80. The molecule has 15 nitrogen and oxygen atoms in total. The Morgan fingerprint density at radius 3 is 2.75 bits per heavy atom. The van der Waals surface area contributed by atoms with Crippen LogP contribution in [0.3, 0.4) is 0 Å². The molecule has 5 rings (SSSR count). The van der Waals surface area contributed by atoms with Gasteiger partial charge < -0.3 is 20.1 Å². The lowest BCUT2D eigenvalue weighted by atomic mass is 10.1. The van der Waals surface area contributed by atoms with Gasteiger partial charge >= 0.3 is 18.2 Å². The SMILES string of the molecule is O=P1(O)O[C@@H]2[C@H](O1)[C@@H](COS(=O)(=O)O)O[C@H]2n1cnc2c(N[C@H]3CCC[C@@H]3O)ncnc21. The number of anilines is 1. The van der Waals surface area contributed by atoms with E-state index < -0.39 is 55.5 Å². The minimum absolute atomic E-state index is 0.181. The molecule has 2 aliphatic heterocycles. The average Bonchev–Trinajstić information content (AvgIpc) is 3.44. The second kappa shape index (κ2) is 7.93. The van der Waals surface area contributed by atoms with Crippen LogP contribution in [0.2, 0.25) is 0 Å². The van der Waals surface area contributed by atoms with Gasteiger partial charge in [-0.3, -0.25) is 18.2 Å². The van der Waals surface area contributed by atoms with Crippen LogP contribution in [-0.4, -0.2) is 79.6 Å². The maximum absolute atomic E-state index is 12.0. The number of aliphatic hydroxyl groups is 1. The van der Waals surface area contributed by atoms with E-state index in [0.29, 0.717) is 23.4 Å². The topological polar surface area (TPSA) is 204 Å². The van der Waals surface area contributed by atoms with Gasteiger partial charge in [-0.2, -0.15) is 8.42 Å². The van der Waals surface area contributed by atoms with Crippen LogP contribution in [0.25, 0.3) is 11.2 Å². The molecule has 0 spiro atoms. The Labute approximate surface area is 181 Å². The van der Waals surface area contributed by atoms with Crippen molar-refractivity contribution in [3.63, 3.8) is 0 Å². The van der Waals surface area contributed by atoms with Gasteiger partial charge in [-0.05, 0) is 19.3 Å². The Kier molecular flexibility index (Phi) is 5.47. The molecular formula is C15H20N5O10PS. The zero-order chi connectivity index (χ0) is 22.7. The molecule has 32 heavy (non-hydrogen) atoms. The molecule has 3 fully saturated rings. The van der Waals surface area contributed by atoms with Crippen LogP contribution < -0.4 is 5.32 Å².